The Labute approximate surface area is 183 Å². The molecule has 1 atom stereocenters. The molecular formula is C21H24ClF3N4O2. The fraction of sp³-hybridized carbons (Fsp3) is 0.429. The number of amides is 1. The van der Waals surface area contributed by atoms with Crippen LogP contribution in [0.25, 0.3) is 0 Å². The van der Waals surface area contributed by atoms with Crippen LogP contribution in [0.15, 0.2) is 42.6 Å². The monoisotopic (exact) mass is 456 g/mol. The molecule has 1 amide bonds. The zero-order valence-electron chi connectivity index (χ0n) is 17.0. The van der Waals surface area contributed by atoms with E-state index in [9.17, 15) is 18.0 Å². The number of alkyl halides is 3. The largest absolute Gasteiger partial charge is 0.467 e. The maximum absolute atomic E-state index is 12.4. The van der Waals surface area contributed by atoms with Crippen molar-refractivity contribution in [2.24, 2.45) is 0 Å². The molecule has 2 heterocycles. The fourth-order valence-electron chi connectivity index (χ4n) is 3.34. The number of para-hydroxylation sites is 1. The van der Waals surface area contributed by atoms with Gasteiger partial charge in [0.25, 0.3) is 5.91 Å². The Morgan fingerprint density at radius 3 is 2.52 bits per heavy atom. The van der Waals surface area contributed by atoms with E-state index in [0.29, 0.717) is 6.54 Å². The van der Waals surface area contributed by atoms with Crippen LogP contribution in [0, 0.1) is 0 Å². The van der Waals surface area contributed by atoms with Crippen LogP contribution in [0.2, 0.25) is 5.02 Å². The molecule has 0 bridgehead atoms. The number of carbonyl (C=O) groups is 1. The minimum absolute atomic E-state index is 0.125. The fourth-order valence-corrected chi connectivity index (χ4v) is 3.56. The summed E-state index contributed by atoms with van der Waals surface area (Å²) in [6.45, 7) is 4.53. The normalized spacial score (nSPS) is 16.1. The van der Waals surface area contributed by atoms with E-state index in [1.165, 1.54) is 11.8 Å². The molecule has 1 saturated heterocycles. The Hall–Kier alpha value is -2.52. The van der Waals surface area contributed by atoms with Crippen molar-refractivity contribution in [2.45, 2.75) is 19.1 Å². The summed E-state index contributed by atoms with van der Waals surface area (Å²) in [5, 5.41) is 2.68. The lowest BCUT2D eigenvalue weighted by atomic mass is 10.2. The third-order valence-corrected chi connectivity index (χ3v) is 5.33. The lowest BCUT2D eigenvalue weighted by Crippen LogP contribution is -2.52. The number of nitrogens with one attached hydrogen (secondary N) is 1. The van der Waals surface area contributed by atoms with Crippen LogP contribution in [0.3, 0.4) is 0 Å². The summed E-state index contributed by atoms with van der Waals surface area (Å²) in [5.74, 6) is -0.758. The Morgan fingerprint density at radius 1 is 1.23 bits per heavy atom. The Bertz CT molecular complexity index is 875. The van der Waals surface area contributed by atoms with Crippen molar-refractivity contribution in [3.05, 3.63) is 53.2 Å². The van der Waals surface area contributed by atoms with Crippen molar-refractivity contribution in [3.63, 3.8) is 0 Å². The Morgan fingerprint density at radius 2 is 1.90 bits per heavy atom. The molecule has 6 nitrogen and oxygen atoms in total. The van der Waals surface area contributed by atoms with Crippen LogP contribution in [0.1, 0.15) is 17.3 Å². The van der Waals surface area contributed by atoms with E-state index < -0.39 is 18.7 Å². The molecule has 1 fully saturated rings. The van der Waals surface area contributed by atoms with Gasteiger partial charge in [-0.1, -0.05) is 29.8 Å². The predicted octanol–water partition coefficient (Wildman–Crippen LogP) is 3.62. The smallest absolute Gasteiger partial charge is 0.422 e. The number of benzene rings is 1. The van der Waals surface area contributed by atoms with Crippen LogP contribution < -0.4 is 15.0 Å². The molecule has 2 aromatic rings. The van der Waals surface area contributed by atoms with E-state index >= 15 is 0 Å². The van der Waals surface area contributed by atoms with Crippen molar-refractivity contribution in [1.29, 1.82) is 0 Å². The molecule has 0 saturated carbocycles. The number of anilines is 1. The van der Waals surface area contributed by atoms with Gasteiger partial charge < -0.3 is 15.0 Å². The number of hydrogen-bond donors (Lipinski definition) is 1. The average Bonchev–Trinajstić information content (AvgIpc) is 2.76. The molecule has 0 radical (unpaired) electrons. The first kappa shape index (κ1) is 23.1. The quantitative estimate of drug-likeness (QED) is 0.689. The molecule has 3 rings (SSSR count). The summed E-state index contributed by atoms with van der Waals surface area (Å²) < 4.78 is 41.3. The van der Waals surface area contributed by atoms with Crippen molar-refractivity contribution in [3.8, 4) is 5.88 Å². The van der Waals surface area contributed by atoms with Gasteiger partial charge >= 0.3 is 6.18 Å². The lowest BCUT2D eigenvalue weighted by Gasteiger charge is -2.39. The van der Waals surface area contributed by atoms with Gasteiger partial charge in [-0.15, -0.1) is 0 Å². The first-order chi connectivity index (χ1) is 14.7. The number of piperazine rings is 1. The van der Waals surface area contributed by atoms with E-state index in [4.69, 9.17) is 11.6 Å². The van der Waals surface area contributed by atoms with Gasteiger partial charge in [0.1, 0.15) is 5.02 Å². The highest BCUT2D eigenvalue weighted by molar-refractivity contribution is 6.32. The molecule has 31 heavy (non-hydrogen) atoms. The van der Waals surface area contributed by atoms with Gasteiger partial charge in [-0.2, -0.15) is 13.2 Å². The summed E-state index contributed by atoms with van der Waals surface area (Å²) in [4.78, 5) is 20.8. The van der Waals surface area contributed by atoms with E-state index in [-0.39, 0.29) is 22.5 Å². The van der Waals surface area contributed by atoms with Gasteiger partial charge in [0, 0.05) is 50.6 Å². The average molecular weight is 457 g/mol. The predicted molar refractivity (Wildman–Crippen MR) is 113 cm³/mol. The zero-order valence-corrected chi connectivity index (χ0v) is 17.8. The molecule has 1 aliphatic heterocycles. The van der Waals surface area contributed by atoms with Gasteiger partial charge in [-0.25, -0.2) is 4.98 Å². The van der Waals surface area contributed by atoms with Crippen LogP contribution in [0.5, 0.6) is 5.88 Å². The number of halogens is 4. The van der Waals surface area contributed by atoms with E-state index in [2.05, 4.69) is 37.0 Å². The topological polar surface area (TPSA) is 57.7 Å². The second-order valence-corrected chi connectivity index (χ2v) is 7.74. The molecule has 10 heteroatoms. The van der Waals surface area contributed by atoms with Crippen LogP contribution in [0.4, 0.5) is 18.9 Å². The SMILES string of the molecule is CC(CNC(=O)c1cnc(OCC(F)(F)F)c(Cl)c1)N1CCN(c2ccccc2)CC1. The third kappa shape index (κ3) is 6.73. The van der Waals surface area contributed by atoms with Crippen LogP contribution in [-0.2, 0) is 0 Å². The van der Waals surface area contributed by atoms with Crippen molar-refractivity contribution >= 4 is 23.2 Å². The van der Waals surface area contributed by atoms with Gasteiger partial charge in [-0.3, -0.25) is 9.69 Å². The van der Waals surface area contributed by atoms with E-state index in [0.717, 1.165) is 32.4 Å². The summed E-state index contributed by atoms with van der Waals surface area (Å²) in [5.41, 5.74) is 1.36. The van der Waals surface area contributed by atoms with Crippen molar-refractivity contribution in [1.82, 2.24) is 15.2 Å². The molecule has 0 aliphatic carbocycles. The van der Waals surface area contributed by atoms with Crippen molar-refractivity contribution in [2.75, 3.05) is 44.2 Å². The third-order valence-electron chi connectivity index (χ3n) is 5.06. The summed E-state index contributed by atoms with van der Waals surface area (Å²) in [6, 6.07) is 11.6. The number of nitrogens with zero attached hydrogens (tertiary/aromatic N) is 3. The number of rotatable bonds is 7. The molecule has 1 aromatic heterocycles. The second-order valence-electron chi connectivity index (χ2n) is 7.33. The lowest BCUT2D eigenvalue weighted by molar-refractivity contribution is -0.154. The first-order valence-electron chi connectivity index (χ1n) is 9.90. The highest BCUT2D eigenvalue weighted by atomic mass is 35.5. The molecule has 1 unspecified atom stereocenters. The number of aromatic nitrogens is 1. The summed E-state index contributed by atoms with van der Waals surface area (Å²) in [6.07, 6.45) is -3.35. The Kier molecular flexibility index (Phi) is 7.61. The van der Waals surface area contributed by atoms with Gasteiger partial charge in [0.05, 0.1) is 5.56 Å². The van der Waals surface area contributed by atoms with E-state index in [1.807, 2.05) is 25.1 Å². The molecule has 1 aliphatic rings. The van der Waals surface area contributed by atoms with Crippen molar-refractivity contribution < 1.29 is 22.7 Å². The minimum Gasteiger partial charge on any atom is -0.467 e. The zero-order chi connectivity index (χ0) is 22.4. The highest BCUT2D eigenvalue weighted by Gasteiger charge is 2.29. The maximum Gasteiger partial charge on any atom is 0.422 e. The van der Waals surface area contributed by atoms with Gasteiger partial charge in [-0.05, 0) is 25.1 Å². The Balaban J connectivity index is 1.46. The summed E-state index contributed by atoms with van der Waals surface area (Å²) in [7, 11) is 0. The number of pyridine rings is 1. The molecular weight excluding hydrogens is 433 g/mol. The first-order valence-corrected chi connectivity index (χ1v) is 10.3. The molecule has 1 N–H and O–H groups in total. The number of hydrogen-bond acceptors (Lipinski definition) is 5. The van der Waals surface area contributed by atoms with Gasteiger partial charge in [0.15, 0.2) is 6.61 Å². The highest BCUT2D eigenvalue weighted by Crippen LogP contribution is 2.25. The van der Waals surface area contributed by atoms with Gasteiger partial charge in [0.2, 0.25) is 5.88 Å². The number of carbonyl (C=O) groups excluding carboxylic acids is 1. The second kappa shape index (κ2) is 10.2. The summed E-state index contributed by atoms with van der Waals surface area (Å²) >= 11 is 5.90. The minimum atomic E-state index is -4.50. The molecule has 1 aromatic carbocycles. The maximum atomic E-state index is 12.4. The molecule has 168 valence electrons. The number of ether oxygens (including phenoxy) is 1. The van der Waals surface area contributed by atoms with E-state index in [1.54, 1.807) is 0 Å². The standard InChI is InChI=1S/C21H24ClF3N4O2/c1-15(28-7-9-29(10-8-28)17-5-3-2-4-6-17)12-26-19(30)16-11-18(22)20(27-13-16)31-14-21(23,24)25/h2-6,11,13,15H,7-10,12,14H2,1H3,(H,26,30). The van der Waals surface area contributed by atoms with Crippen LogP contribution in [-0.4, -0.2) is 67.3 Å². The van der Waals surface area contributed by atoms with Crippen LogP contribution >= 0.6 is 11.6 Å². The molecule has 0 spiro atoms.